The minimum Gasteiger partial charge on any atom is -0.335 e. The number of benzene rings is 2. The minimum absolute atomic E-state index is 0.0812. The Morgan fingerprint density at radius 2 is 1.47 bits per heavy atom. The molecule has 0 radical (unpaired) electrons. The normalized spacial score (nSPS) is 18.3. The highest BCUT2D eigenvalue weighted by molar-refractivity contribution is 6.35. The van der Waals surface area contributed by atoms with E-state index in [1.807, 2.05) is 28.0 Å². The lowest BCUT2D eigenvalue weighted by Gasteiger charge is -2.36. The number of rotatable bonds is 2. The van der Waals surface area contributed by atoms with Crippen LogP contribution in [-0.2, 0) is 6.54 Å². The lowest BCUT2D eigenvalue weighted by Crippen LogP contribution is -2.53. The van der Waals surface area contributed by atoms with Crippen LogP contribution in [-0.4, -0.2) is 71.8 Å². The largest absolute Gasteiger partial charge is 0.335 e. The quantitative estimate of drug-likeness (QED) is 0.700. The molecule has 0 bridgehead atoms. The number of carbonyl (C=O) groups excluding carboxylic acids is 3. The van der Waals surface area contributed by atoms with Gasteiger partial charge in [0, 0.05) is 50.5 Å². The first-order valence-corrected chi connectivity index (χ1v) is 11.4. The van der Waals surface area contributed by atoms with E-state index in [-0.39, 0.29) is 17.8 Å². The first kappa shape index (κ1) is 20.8. The Hall–Kier alpha value is -3.06. The van der Waals surface area contributed by atoms with Gasteiger partial charge in [0.15, 0.2) is 0 Å². The molecule has 166 valence electrons. The second-order valence-corrected chi connectivity index (χ2v) is 8.88. The second-order valence-electron chi connectivity index (χ2n) is 8.47. The van der Waals surface area contributed by atoms with Crippen LogP contribution >= 0.6 is 11.6 Å². The maximum atomic E-state index is 13.1. The molecule has 5 rings (SSSR count). The molecule has 0 unspecified atom stereocenters. The Morgan fingerprint density at radius 1 is 0.812 bits per heavy atom. The van der Waals surface area contributed by atoms with Gasteiger partial charge in [0.25, 0.3) is 11.8 Å². The SMILES string of the molecule is O=C(c1cccc(N2Cc3cccc(Cl)c3C2=O)c1)N1CCN(C(=O)N2CCCC2)CC1. The maximum Gasteiger partial charge on any atom is 0.320 e. The number of anilines is 1. The van der Waals surface area contributed by atoms with E-state index in [1.165, 1.54) is 0 Å². The number of hydrogen-bond acceptors (Lipinski definition) is 3. The zero-order chi connectivity index (χ0) is 22.2. The van der Waals surface area contributed by atoms with Gasteiger partial charge in [0.2, 0.25) is 0 Å². The Morgan fingerprint density at radius 3 is 2.19 bits per heavy atom. The van der Waals surface area contributed by atoms with E-state index in [0.29, 0.717) is 54.6 Å². The highest BCUT2D eigenvalue weighted by Crippen LogP contribution is 2.33. The fourth-order valence-corrected chi connectivity index (χ4v) is 5.00. The van der Waals surface area contributed by atoms with Crippen molar-refractivity contribution < 1.29 is 14.4 Å². The number of carbonyl (C=O) groups is 3. The summed E-state index contributed by atoms with van der Waals surface area (Å²) in [6.45, 7) is 4.19. The highest BCUT2D eigenvalue weighted by atomic mass is 35.5. The monoisotopic (exact) mass is 452 g/mol. The molecule has 3 aliphatic rings. The molecule has 3 heterocycles. The van der Waals surface area contributed by atoms with E-state index in [0.717, 1.165) is 31.5 Å². The van der Waals surface area contributed by atoms with Crippen molar-refractivity contribution in [2.75, 3.05) is 44.2 Å². The van der Waals surface area contributed by atoms with Crippen LogP contribution in [0.1, 0.15) is 39.1 Å². The predicted molar refractivity (Wildman–Crippen MR) is 122 cm³/mol. The molecule has 0 spiro atoms. The zero-order valence-corrected chi connectivity index (χ0v) is 18.6. The molecule has 0 aromatic heterocycles. The lowest BCUT2D eigenvalue weighted by atomic mass is 10.1. The number of urea groups is 1. The topological polar surface area (TPSA) is 64.2 Å². The molecule has 0 saturated carbocycles. The van der Waals surface area contributed by atoms with Crippen LogP contribution < -0.4 is 4.90 Å². The summed E-state index contributed by atoms with van der Waals surface area (Å²) in [5.74, 6) is -0.230. The molecule has 2 fully saturated rings. The van der Waals surface area contributed by atoms with E-state index in [2.05, 4.69) is 0 Å². The summed E-state index contributed by atoms with van der Waals surface area (Å²) < 4.78 is 0. The molecule has 0 aliphatic carbocycles. The van der Waals surface area contributed by atoms with Gasteiger partial charge in [-0.05, 0) is 42.7 Å². The number of hydrogen-bond donors (Lipinski definition) is 0. The van der Waals surface area contributed by atoms with E-state index < -0.39 is 0 Å². The van der Waals surface area contributed by atoms with Crippen LogP contribution in [0.3, 0.4) is 0 Å². The van der Waals surface area contributed by atoms with Crippen molar-refractivity contribution in [2.24, 2.45) is 0 Å². The molecule has 0 N–H and O–H groups in total. The van der Waals surface area contributed by atoms with Gasteiger partial charge in [0.1, 0.15) is 0 Å². The van der Waals surface area contributed by atoms with Gasteiger partial charge in [-0.25, -0.2) is 4.79 Å². The lowest BCUT2D eigenvalue weighted by molar-refractivity contribution is 0.0644. The van der Waals surface area contributed by atoms with E-state index in [9.17, 15) is 14.4 Å². The van der Waals surface area contributed by atoms with Crippen molar-refractivity contribution in [1.29, 1.82) is 0 Å². The van der Waals surface area contributed by atoms with Gasteiger partial charge < -0.3 is 19.6 Å². The zero-order valence-electron chi connectivity index (χ0n) is 17.8. The fourth-order valence-electron chi connectivity index (χ4n) is 4.72. The van der Waals surface area contributed by atoms with E-state index in [1.54, 1.807) is 34.1 Å². The second kappa shape index (κ2) is 8.47. The van der Waals surface area contributed by atoms with Crippen molar-refractivity contribution >= 4 is 35.1 Å². The summed E-state index contributed by atoms with van der Waals surface area (Å²) in [7, 11) is 0. The smallest absolute Gasteiger partial charge is 0.320 e. The molecular formula is C24H25ClN4O3. The van der Waals surface area contributed by atoms with Gasteiger partial charge >= 0.3 is 6.03 Å². The van der Waals surface area contributed by atoms with Crippen molar-refractivity contribution in [2.45, 2.75) is 19.4 Å². The van der Waals surface area contributed by atoms with Crippen molar-refractivity contribution in [3.63, 3.8) is 0 Å². The molecule has 8 heteroatoms. The third-order valence-electron chi connectivity index (χ3n) is 6.51. The molecule has 0 atom stereocenters. The van der Waals surface area contributed by atoms with Crippen LogP contribution in [0.4, 0.5) is 10.5 Å². The predicted octanol–water partition coefficient (Wildman–Crippen LogP) is 3.47. The van der Waals surface area contributed by atoms with Crippen LogP contribution in [0, 0.1) is 0 Å². The molecule has 2 aromatic rings. The summed E-state index contributed by atoms with van der Waals surface area (Å²) in [6.07, 6.45) is 2.13. The molecule has 3 aliphatic heterocycles. The van der Waals surface area contributed by atoms with Crippen LogP contribution in [0.5, 0.6) is 0 Å². The molecule has 2 saturated heterocycles. The highest BCUT2D eigenvalue weighted by Gasteiger charge is 2.32. The third kappa shape index (κ3) is 3.71. The summed E-state index contributed by atoms with van der Waals surface area (Å²) in [4.78, 5) is 45.8. The van der Waals surface area contributed by atoms with Crippen molar-refractivity contribution in [1.82, 2.24) is 14.7 Å². The Bertz CT molecular complexity index is 1070. The van der Waals surface area contributed by atoms with Gasteiger partial charge in [0.05, 0.1) is 17.1 Å². The van der Waals surface area contributed by atoms with Gasteiger partial charge in [-0.1, -0.05) is 29.8 Å². The number of fused-ring (bicyclic) bond motifs is 1. The van der Waals surface area contributed by atoms with Crippen molar-refractivity contribution in [3.05, 3.63) is 64.2 Å². The number of nitrogens with zero attached hydrogens (tertiary/aromatic N) is 4. The molecule has 7 nitrogen and oxygen atoms in total. The minimum atomic E-state index is -0.149. The number of amides is 4. The number of piperazine rings is 1. The average molecular weight is 453 g/mol. The number of halogens is 1. The van der Waals surface area contributed by atoms with Crippen LogP contribution in [0.2, 0.25) is 5.02 Å². The average Bonchev–Trinajstić information content (AvgIpc) is 3.47. The molecular weight excluding hydrogens is 428 g/mol. The van der Waals surface area contributed by atoms with Crippen LogP contribution in [0.15, 0.2) is 42.5 Å². The van der Waals surface area contributed by atoms with E-state index >= 15 is 0 Å². The third-order valence-corrected chi connectivity index (χ3v) is 6.82. The summed E-state index contributed by atoms with van der Waals surface area (Å²) >= 11 is 6.24. The standard InChI is InChI=1S/C24H25ClN4O3/c25-20-8-4-6-18-16-29(23(31)21(18)20)19-7-3-5-17(15-19)22(30)26-11-13-28(14-12-26)24(32)27-9-1-2-10-27/h3-8,15H,1-2,9-14,16H2. The first-order chi connectivity index (χ1) is 15.5. The Kier molecular flexibility index (Phi) is 5.51. The van der Waals surface area contributed by atoms with Gasteiger partial charge in [-0.3, -0.25) is 9.59 Å². The molecule has 4 amide bonds. The van der Waals surface area contributed by atoms with Gasteiger partial charge in [-0.15, -0.1) is 0 Å². The first-order valence-electron chi connectivity index (χ1n) is 11.1. The van der Waals surface area contributed by atoms with Gasteiger partial charge in [-0.2, -0.15) is 0 Å². The molecule has 2 aromatic carbocycles. The van der Waals surface area contributed by atoms with Crippen molar-refractivity contribution in [3.8, 4) is 0 Å². The summed E-state index contributed by atoms with van der Waals surface area (Å²) in [5.41, 5.74) is 2.63. The summed E-state index contributed by atoms with van der Waals surface area (Å²) in [5, 5.41) is 0.448. The number of likely N-dealkylation sites (tertiary alicyclic amines) is 1. The summed E-state index contributed by atoms with van der Waals surface area (Å²) in [6, 6.07) is 12.7. The maximum absolute atomic E-state index is 13.1. The van der Waals surface area contributed by atoms with Crippen LogP contribution in [0.25, 0.3) is 0 Å². The Balaban J connectivity index is 1.26. The fraction of sp³-hybridized carbons (Fsp3) is 0.375. The molecule has 32 heavy (non-hydrogen) atoms. The Labute approximate surface area is 192 Å². The van der Waals surface area contributed by atoms with E-state index in [4.69, 9.17) is 11.6 Å².